The van der Waals surface area contributed by atoms with Crippen LogP contribution in [0, 0.1) is 0 Å². The Morgan fingerprint density at radius 3 is 2.74 bits per heavy atom. The molecule has 0 aromatic heterocycles. The SMILES string of the molecule is C(=Cc1ccc2c(c1)OCCO2)COCCCN1CCCCC1. The summed E-state index contributed by atoms with van der Waals surface area (Å²) in [6, 6.07) is 6.02. The highest BCUT2D eigenvalue weighted by Gasteiger charge is 2.10. The van der Waals surface area contributed by atoms with E-state index in [1.54, 1.807) is 0 Å². The minimum atomic E-state index is 0.625. The van der Waals surface area contributed by atoms with Crippen LogP contribution in [-0.4, -0.2) is 51.0 Å². The van der Waals surface area contributed by atoms with Gasteiger partial charge in [0.05, 0.1) is 6.61 Å². The summed E-state index contributed by atoms with van der Waals surface area (Å²) in [7, 11) is 0. The van der Waals surface area contributed by atoms with Gasteiger partial charge in [0.25, 0.3) is 0 Å². The number of ether oxygens (including phenoxy) is 3. The zero-order valence-electron chi connectivity index (χ0n) is 13.8. The smallest absolute Gasteiger partial charge is 0.161 e. The molecule has 126 valence electrons. The van der Waals surface area contributed by atoms with Crippen LogP contribution in [-0.2, 0) is 4.74 Å². The average molecular weight is 317 g/mol. The molecule has 2 aliphatic heterocycles. The van der Waals surface area contributed by atoms with Crippen LogP contribution in [0.1, 0.15) is 31.2 Å². The van der Waals surface area contributed by atoms with E-state index in [1.807, 2.05) is 18.2 Å². The van der Waals surface area contributed by atoms with Gasteiger partial charge in [0.2, 0.25) is 0 Å². The van der Waals surface area contributed by atoms with Crippen LogP contribution in [0.15, 0.2) is 24.3 Å². The minimum absolute atomic E-state index is 0.625. The van der Waals surface area contributed by atoms with Gasteiger partial charge in [-0.05, 0) is 50.0 Å². The maximum absolute atomic E-state index is 5.69. The van der Waals surface area contributed by atoms with Crippen molar-refractivity contribution < 1.29 is 14.2 Å². The Kier molecular flexibility index (Phi) is 6.35. The molecule has 2 heterocycles. The number of rotatable bonds is 7. The van der Waals surface area contributed by atoms with Gasteiger partial charge < -0.3 is 19.1 Å². The van der Waals surface area contributed by atoms with E-state index in [4.69, 9.17) is 14.2 Å². The Bertz CT molecular complexity index is 509. The van der Waals surface area contributed by atoms with Crippen molar-refractivity contribution >= 4 is 6.08 Å². The Balaban J connectivity index is 1.31. The van der Waals surface area contributed by atoms with Crippen LogP contribution < -0.4 is 9.47 Å². The molecule has 4 heteroatoms. The lowest BCUT2D eigenvalue weighted by molar-refractivity contribution is 0.138. The number of hydrogen-bond donors (Lipinski definition) is 0. The van der Waals surface area contributed by atoms with E-state index in [0.29, 0.717) is 19.8 Å². The second kappa shape index (κ2) is 8.94. The second-order valence-corrected chi connectivity index (χ2v) is 6.14. The molecular formula is C19H27NO3. The molecule has 0 aliphatic carbocycles. The third-order valence-corrected chi connectivity index (χ3v) is 4.30. The number of hydrogen-bond acceptors (Lipinski definition) is 4. The summed E-state index contributed by atoms with van der Waals surface area (Å²) < 4.78 is 16.8. The van der Waals surface area contributed by atoms with Crippen molar-refractivity contribution in [1.29, 1.82) is 0 Å². The molecule has 4 nitrogen and oxygen atoms in total. The van der Waals surface area contributed by atoms with Crippen molar-refractivity contribution in [3.05, 3.63) is 29.8 Å². The lowest BCUT2D eigenvalue weighted by Crippen LogP contribution is -2.31. The summed E-state index contributed by atoms with van der Waals surface area (Å²) in [6.07, 6.45) is 9.38. The molecule has 0 N–H and O–H groups in total. The summed E-state index contributed by atoms with van der Waals surface area (Å²) in [4.78, 5) is 2.55. The molecule has 1 fully saturated rings. The minimum Gasteiger partial charge on any atom is -0.486 e. The van der Waals surface area contributed by atoms with Crippen LogP contribution in [0.3, 0.4) is 0 Å². The van der Waals surface area contributed by atoms with Crippen LogP contribution in [0.5, 0.6) is 11.5 Å². The number of nitrogens with zero attached hydrogens (tertiary/aromatic N) is 1. The van der Waals surface area contributed by atoms with Gasteiger partial charge in [0.15, 0.2) is 11.5 Å². The molecule has 0 spiro atoms. The maximum atomic E-state index is 5.69. The Labute approximate surface area is 139 Å². The quantitative estimate of drug-likeness (QED) is 0.722. The van der Waals surface area contributed by atoms with Crippen molar-refractivity contribution in [2.24, 2.45) is 0 Å². The highest BCUT2D eigenvalue weighted by Crippen LogP contribution is 2.31. The molecule has 0 amide bonds. The number of likely N-dealkylation sites (tertiary alicyclic amines) is 1. The monoisotopic (exact) mass is 317 g/mol. The molecule has 0 atom stereocenters. The normalized spacial score (nSPS) is 18.4. The van der Waals surface area contributed by atoms with Crippen molar-refractivity contribution in [2.45, 2.75) is 25.7 Å². The summed E-state index contributed by atoms with van der Waals surface area (Å²) in [5.74, 6) is 1.67. The second-order valence-electron chi connectivity index (χ2n) is 6.14. The molecule has 1 aromatic rings. The first kappa shape index (κ1) is 16.3. The lowest BCUT2D eigenvalue weighted by Gasteiger charge is -2.26. The Morgan fingerprint density at radius 2 is 1.87 bits per heavy atom. The molecule has 3 rings (SSSR count). The molecule has 23 heavy (non-hydrogen) atoms. The lowest BCUT2D eigenvalue weighted by atomic mass is 10.1. The van der Waals surface area contributed by atoms with Crippen LogP contribution in [0.4, 0.5) is 0 Å². The molecule has 2 aliphatic rings. The van der Waals surface area contributed by atoms with E-state index >= 15 is 0 Å². The van der Waals surface area contributed by atoms with E-state index in [0.717, 1.165) is 30.1 Å². The summed E-state index contributed by atoms with van der Waals surface area (Å²) >= 11 is 0. The fourth-order valence-corrected chi connectivity index (χ4v) is 3.07. The first-order chi connectivity index (χ1) is 11.4. The molecule has 1 saturated heterocycles. The number of piperidine rings is 1. The van der Waals surface area contributed by atoms with Crippen molar-refractivity contribution in [2.75, 3.05) is 46.1 Å². The van der Waals surface area contributed by atoms with Gasteiger partial charge >= 0.3 is 0 Å². The Morgan fingerprint density at radius 1 is 1.04 bits per heavy atom. The predicted octanol–water partition coefficient (Wildman–Crippen LogP) is 3.36. The van der Waals surface area contributed by atoms with E-state index in [9.17, 15) is 0 Å². The molecule has 0 bridgehead atoms. The van der Waals surface area contributed by atoms with E-state index in [1.165, 1.54) is 38.9 Å². The van der Waals surface area contributed by atoms with Gasteiger partial charge in [-0.3, -0.25) is 0 Å². The molecule has 0 unspecified atom stereocenters. The van der Waals surface area contributed by atoms with Gasteiger partial charge in [-0.15, -0.1) is 0 Å². The van der Waals surface area contributed by atoms with Crippen molar-refractivity contribution in [1.82, 2.24) is 4.90 Å². The summed E-state index contributed by atoms with van der Waals surface area (Å²) in [6.45, 7) is 6.46. The first-order valence-corrected chi connectivity index (χ1v) is 8.78. The van der Waals surface area contributed by atoms with Crippen molar-refractivity contribution in [3.8, 4) is 11.5 Å². The maximum Gasteiger partial charge on any atom is 0.161 e. The van der Waals surface area contributed by atoms with E-state index < -0.39 is 0 Å². The van der Waals surface area contributed by atoms with Crippen molar-refractivity contribution in [3.63, 3.8) is 0 Å². The molecule has 0 saturated carbocycles. The van der Waals surface area contributed by atoms with Gasteiger partial charge in [-0.25, -0.2) is 0 Å². The molecule has 1 aromatic carbocycles. The van der Waals surface area contributed by atoms with Crippen LogP contribution in [0.25, 0.3) is 6.08 Å². The zero-order chi connectivity index (χ0) is 15.7. The van der Waals surface area contributed by atoms with Crippen LogP contribution in [0.2, 0.25) is 0 Å². The zero-order valence-corrected chi connectivity index (χ0v) is 13.8. The fourth-order valence-electron chi connectivity index (χ4n) is 3.07. The first-order valence-electron chi connectivity index (χ1n) is 8.78. The van der Waals surface area contributed by atoms with Gasteiger partial charge in [-0.2, -0.15) is 0 Å². The average Bonchev–Trinajstić information content (AvgIpc) is 2.61. The molecule has 0 radical (unpaired) electrons. The topological polar surface area (TPSA) is 30.9 Å². The Hall–Kier alpha value is -1.52. The highest BCUT2D eigenvalue weighted by molar-refractivity contribution is 5.56. The van der Waals surface area contributed by atoms with E-state index in [-0.39, 0.29) is 0 Å². The third-order valence-electron chi connectivity index (χ3n) is 4.30. The summed E-state index contributed by atoms with van der Waals surface area (Å²) in [5.41, 5.74) is 1.12. The predicted molar refractivity (Wildman–Crippen MR) is 92.2 cm³/mol. The van der Waals surface area contributed by atoms with Crippen LogP contribution >= 0.6 is 0 Å². The van der Waals surface area contributed by atoms with Gasteiger partial charge in [-0.1, -0.05) is 24.6 Å². The third kappa shape index (κ3) is 5.26. The number of benzene rings is 1. The summed E-state index contributed by atoms with van der Waals surface area (Å²) in [5, 5.41) is 0. The molecular weight excluding hydrogens is 290 g/mol. The largest absolute Gasteiger partial charge is 0.486 e. The van der Waals surface area contributed by atoms with Gasteiger partial charge in [0.1, 0.15) is 13.2 Å². The van der Waals surface area contributed by atoms with Gasteiger partial charge in [0, 0.05) is 13.2 Å². The highest BCUT2D eigenvalue weighted by atomic mass is 16.6. The number of fused-ring (bicyclic) bond motifs is 1. The standard InChI is InChI=1S/C19H27NO3/c1-2-9-20(10-3-1)11-5-13-21-12-4-6-17-7-8-18-19(16-17)23-15-14-22-18/h4,6-8,16H,1-3,5,9-15H2. The fraction of sp³-hybridized carbons (Fsp3) is 0.579. The van der Waals surface area contributed by atoms with E-state index in [2.05, 4.69) is 17.1 Å².